The van der Waals surface area contributed by atoms with E-state index in [1.165, 1.54) is 23.1 Å². The zero-order valence-electron chi connectivity index (χ0n) is 24.7. The topological polar surface area (TPSA) is 71.4 Å². The van der Waals surface area contributed by atoms with Gasteiger partial charge in [-0.2, -0.15) is 26.3 Å². The quantitative estimate of drug-likeness (QED) is 0.240. The fourth-order valence-corrected chi connectivity index (χ4v) is 5.80. The first kappa shape index (κ1) is 33.0. The third kappa shape index (κ3) is 7.19. The van der Waals surface area contributed by atoms with Crippen LogP contribution in [-0.2, 0) is 38.8 Å². The zero-order chi connectivity index (χ0) is 33.1. The second-order valence-corrected chi connectivity index (χ2v) is 11.3. The first-order valence-electron chi connectivity index (χ1n) is 14.5. The number of likely N-dealkylation sites (tertiary alicyclic amines) is 1. The van der Waals surface area contributed by atoms with Gasteiger partial charge in [-0.1, -0.05) is 60.7 Å². The van der Waals surface area contributed by atoms with Crippen molar-refractivity contribution in [2.24, 2.45) is 4.99 Å². The van der Waals surface area contributed by atoms with E-state index in [1.54, 1.807) is 54.6 Å². The fourth-order valence-electron chi connectivity index (χ4n) is 5.80. The number of piperidine rings is 1. The summed E-state index contributed by atoms with van der Waals surface area (Å²) >= 11 is 0. The molecule has 2 aliphatic heterocycles. The number of benzene rings is 3. The largest absolute Gasteiger partial charge is 0.445 e. The first-order chi connectivity index (χ1) is 21.8. The smallest absolute Gasteiger partial charge is 0.416 e. The summed E-state index contributed by atoms with van der Waals surface area (Å²) in [6, 6.07) is 18.6. The van der Waals surface area contributed by atoms with Crippen molar-refractivity contribution in [3.8, 4) is 0 Å². The lowest BCUT2D eigenvalue weighted by molar-refractivity contribution is -0.143. The highest BCUT2D eigenvalue weighted by atomic mass is 19.4. The van der Waals surface area contributed by atoms with Gasteiger partial charge in [0.25, 0.3) is 0 Å². The molecular weight excluding hydrogens is 616 g/mol. The first-order valence-corrected chi connectivity index (χ1v) is 14.5. The van der Waals surface area contributed by atoms with Crippen molar-refractivity contribution in [2.45, 2.75) is 56.4 Å². The van der Waals surface area contributed by atoms with Gasteiger partial charge in [0.2, 0.25) is 5.91 Å². The number of carbonyl (C=O) groups excluding carboxylic acids is 2. The molecule has 2 heterocycles. The Hall–Kier alpha value is -4.39. The average Bonchev–Trinajstić information content (AvgIpc) is 3.47. The molecule has 3 atom stereocenters. The number of hydrogen-bond acceptors (Lipinski definition) is 5. The van der Waals surface area contributed by atoms with Crippen molar-refractivity contribution in [2.75, 3.05) is 19.7 Å². The summed E-state index contributed by atoms with van der Waals surface area (Å²) < 4.78 is 93.3. The van der Waals surface area contributed by atoms with E-state index >= 15 is 0 Å². The van der Waals surface area contributed by atoms with Crippen LogP contribution in [0.3, 0.4) is 0 Å². The number of aliphatic imine (C=N–C) groups is 1. The van der Waals surface area contributed by atoms with E-state index in [0.29, 0.717) is 24.1 Å². The SMILES string of the molecule is C[C@@H](OC[C@@]1(c2ccccc2)CC[C@H](N2C=NCC2=O)CN1C(=O)OCc1ccccc1)c1cc(C(F)(F)F)cc(C(F)(F)F)c1. The van der Waals surface area contributed by atoms with E-state index in [9.17, 15) is 35.9 Å². The van der Waals surface area contributed by atoms with Gasteiger partial charge in [-0.05, 0) is 54.7 Å². The van der Waals surface area contributed by atoms with Crippen LogP contribution in [0.25, 0.3) is 0 Å². The molecule has 1 saturated heterocycles. The van der Waals surface area contributed by atoms with Crippen LogP contribution in [0.2, 0.25) is 0 Å². The molecule has 3 aromatic carbocycles. The lowest BCUT2D eigenvalue weighted by atomic mass is 9.79. The molecule has 5 rings (SSSR count). The number of nitrogens with zero attached hydrogens (tertiary/aromatic N) is 3. The molecule has 0 saturated carbocycles. The molecule has 0 spiro atoms. The number of ether oxygens (including phenoxy) is 2. The van der Waals surface area contributed by atoms with Crippen LogP contribution in [0.1, 0.15) is 53.7 Å². The molecule has 2 aliphatic rings. The summed E-state index contributed by atoms with van der Waals surface area (Å²) in [6.45, 7) is 1.01. The Bertz CT molecular complexity index is 1530. The fraction of sp³-hybridized carbons (Fsp3) is 0.364. The van der Waals surface area contributed by atoms with Crippen molar-refractivity contribution in [1.82, 2.24) is 9.80 Å². The number of alkyl halides is 6. The minimum atomic E-state index is -5.02. The Morgan fingerprint density at radius 3 is 2.13 bits per heavy atom. The normalized spacial score (nSPS) is 21.0. The summed E-state index contributed by atoms with van der Waals surface area (Å²) in [5, 5.41) is 0. The van der Waals surface area contributed by atoms with Crippen LogP contribution < -0.4 is 0 Å². The lowest BCUT2D eigenvalue weighted by Crippen LogP contribution is -2.61. The second-order valence-electron chi connectivity index (χ2n) is 11.3. The summed E-state index contributed by atoms with van der Waals surface area (Å²) in [4.78, 5) is 33.4. The Labute approximate surface area is 261 Å². The van der Waals surface area contributed by atoms with Gasteiger partial charge in [-0.25, -0.2) is 4.79 Å². The van der Waals surface area contributed by atoms with Gasteiger partial charge in [-0.3, -0.25) is 19.6 Å². The van der Waals surface area contributed by atoms with Gasteiger partial charge in [0, 0.05) is 6.54 Å². The minimum Gasteiger partial charge on any atom is -0.445 e. The van der Waals surface area contributed by atoms with Crippen LogP contribution in [0.4, 0.5) is 31.1 Å². The van der Waals surface area contributed by atoms with E-state index in [-0.39, 0.29) is 50.3 Å². The average molecular weight is 648 g/mol. The van der Waals surface area contributed by atoms with Crippen molar-refractivity contribution in [1.29, 1.82) is 0 Å². The predicted octanol–water partition coefficient (Wildman–Crippen LogP) is 7.37. The number of rotatable bonds is 8. The molecule has 244 valence electrons. The molecule has 0 unspecified atom stereocenters. The van der Waals surface area contributed by atoms with Gasteiger partial charge in [0.05, 0.1) is 41.8 Å². The molecule has 3 aromatic rings. The van der Waals surface area contributed by atoms with Gasteiger partial charge < -0.3 is 9.47 Å². The molecule has 46 heavy (non-hydrogen) atoms. The predicted molar refractivity (Wildman–Crippen MR) is 155 cm³/mol. The molecule has 13 heteroatoms. The highest BCUT2D eigenvalue weighted by Crippen LogP contribution is 2.42. The zero-order valence-corrected chi connectivity index (χ0v) is 24.7. The highest BCUT2D eigenvalue weighted by Gasteiger charge is 2.49. The Morgan fingerprint density at radius 1 is 0.957 bits per heavy atom. The summed E-state index contributed by atoms with van der Waals surface area (Å²) in [6.07, 6.45) is -9.92. The molecule has 0 aromatic heterocycles. The molecule has 0 aliphatic carbocycles. The molecule has 1 fully saturated rings. The van der Waals surface area contributed by atoms with E-state index in [0.717, 1.165) is 5.56 Å². The molecular formula is C33H31F6N3O4. The number of hydrogen-bond donors (Lipinski definition) is 0. The van der Waals surface area contributed by atoms with Crippen molar-refractivity contribution in [3.05, 3.63) is 107 Å². The van der Waals surface area contributed by atoms with Crippen molar-refractivity contribution >= 4 is 18.3 Å². The van der Waals surface area contributed by atoms with E-state index < -0.39 is 47.3 Å². The maximum Gasteiger partial charge on any atom is 0.416 e. The van der Waals surface area contributed by atoms with Gasteiger partial charge in [0.1, 0.15) is 13.2 Å². The van der Waals surface area contributed by atoms with Crippen LogP contribution in [-0.4, -0.2) is 53.9 Å². The maximum atomic E-state index is 13.9. The van der Waals surface area contributed by atoms with Gasteiger partial charge >= 0.3 is 18.4 Å². The van der Waals surface area contributed by atoms with Crippen LogP contribution in [0, 0.1) is 0 Å². The van der Waals surface area contributed by atoms with Crippen molar-refractivity contribution in [3.63, 3.8) is 0 Å². The number of carbonyl (C=O) groups is 2. The highest BCUT2D eigenvalue weighted by molar-refractivity contribution is 5.94. The maximum absolute atomic E-state index is 13.9. The van der Waals surface area contributed by atoms with E-state index in [4.69, 9.17) is 9.47 Å². The summed E-state index contributed by atoms with van der Waals surface area (Å²) in [5.74, 6) is -0.232. The monoisotopic (exact) mass is 647 g/mol. The Kier molecular flexibility index (Phi) is 9.43. The van der Waals surface area contributed by atoms with E-state index in [2.05, 4.69) is 4.99 Å². The third-order valence-electron chi connectivity index (χ3n) is 8.30. The van der Waals surface area contributed by atoms with Crippen LogP contribution >= 0.6 is 0 Å². The summed E-state index contributed by atoms with van der Waals surface area (Å²) in [5.41, 5.74) is -3.11. The molecule has 7 nitrogen and oxygen atoms in total. The molecule has 0 bridgehead atoms. The molecule has 2 amide bonds. The number of amides is 2. The summed E-state index contributed by atoms with van der Waals surface area (Å²) in [7, 11) is 0. The standard InChI is InChI=1S/C33H31F6N3O4/c1-22(24-14-26(32(34,35)36)16-27(15-24)33(37,38)39)46-20-31(25-10-6-3-7-11-25)13-12-28(41-21-40-17-29(41)43)18-42(31)30(44)45-19-23-8-4-2-5-9-23/h2-11,14-16,21-22,28H,12-13,17-20H2,1H3/t22-,28+,31-/m1/s1. The lowest BCUT2D eigenvalue weighted by Gasteiger charge is -2.50. The number of halogens is 6. The van der Waals surface area contributed by atoms with Crippen LogP contribution in [0.5, 0.6) is 0 Å². The Balaban J connectivity index is 1.49. The Morgan fingerprint density at radius 2 is 1.57 bits per heavy atom. The second kappa shape index (κ2) is 13.1. The molecule has 0 radical (unpaired) electrons. The van der Waals surface area contributed by atoms with Gasteiger partial charge in [0.15, 0.2) is 0 Å². The van der Waals surface area contributed by atoms with E-state index in [1.807, 2.05) is 6.07 Å². The minimum absolute atomic E-state index is 0.0137. The van der Waals surface area contributed by atoms with Crippen LogP contribution in [0.15, 0.2) is 83.9 Å². The van der Waals surface area contributed by atoms with Gasteiger partial charge in [-0.15, -0.1) is 0 Å². The van der Waals surface area contributed by atoms with Crippen molar-refractivity contribution < 1.29 is 45.4 Å². The molecule has 0 N–H and O–H groups in total. The third-order valence-corrected chi connectivity index (χ3v) is 8.30.